The van der Waals surface area contributed by atoms with E-state index in [9.17, 15) is 9.50 Å². The van der Waals surface area contributed by atoms with Crippen molar-refractivity contribution in [3.05, 3.63) is 59.9 Å². The highest BCUT2D eigenvalue weighted by atomic mass is 19.1. The van der Waals surface area contributed by atoms with Crippen LogP contribution in [0.3, 0.4) is 0 Å². The van der Waals surface area contributed by atoms with Gasteiger partial charge < -0.3 is 10.8 Å². The first-order valence-electron chi connectivity index (χ1n) is 5.45. The first-order chi connectivity index (χ1) is 8.20. The Morgan fingerprint density at radius 3 is 2.41 bits per heavy atom. The highest BCUT2D eigenvalue weighted by Crippen LogP contribution is 2.23. The molecule has 0 aliphatic heterocycles. The van der Waals surface area contributed by atoms with Gasteiger partial charge in [0.05, 0.1) is 6.10 Å². The highest BCUT2D eigenvalue weighted by Gasteiger charge is 2.06. The first-order valence-corrected chi connectivity index (χ1v) is 5.45. The second-order valence-electron chi connectivity index (χ2n) is 3.88. The van der Waals surface area contributed by atoms with Crippen LogP contribution in [0.4, 0.5) is 4.39 Å². The summed E-state index contributed by atoms with van der Waals surface area (Å²) >= 11 is 0. The van der Waals surface area contributed by atoms with E-state index in [1.807, 2.05) is 24.3 Å². The smallest absolute Gasteiger partial charge is 0.123 e. The lowest BCUT2D eigenvalue weighted by Crippen LogP contribution is -2.11. The van der Waals surface area contributed by atoms with Crippen LogP contribution in [-0.4, -0.2) is 11.7 Å². The second-order valence-corrected chi connectivity index (χ2v) is 3.88. The number of nitrogens with two attached hydrogens (primary N) is 1. The molecule has 0 saturated carbocycles. The summed E-state index contributed by atoms with van der Waals surface area (Å²) in [5.41, 5.74) is 8.04. The van der Waals surface area contributed by atoms with Gasteiger partial charge in [0.25, 0.3) is 0 Å². The van der Waals surface area contributed by atoms with E-state index in [2.05, 4.69) is 0 Å². The SMILES string of the molecule is NCC(O)c1cccc(-c2ccc(F)cc2)c1. The Kier molecular flexibility index (Phi) is 3.52. The van der Waals surface area contributed by atoms with Crippen molar-refractivity contribution in [3.8, 4) is 11.1 Å². The van der Waals surface area contributed by atoms with Gasteiger partial charge >= 0.3 is 0 Å². The molecule has 0 heterocycles. The maximum absolute atomic E-state index is 12.8. The minimum Gasteiger partial charge on any atom is -0.387 e. The van der Waals surface area contributed by atoms with Crippen molar-refractivity contribution in [2.45, 2.75) is 6.10 Å². The van der Waals surface area contributed by atoms with Crippen LogP contribution >= 0.6 is 0 Å². The van der Waals surface area contributed by atoms with Crippen molar-refractivity contribution >= 4 is 0 Å². The molecule has 2 aromatic rings. The normalized spacial score (nSPS) is 12.4. The van der Waals surface area contributed by atoms with Crippen LogP contribution in [0.2, 0.25) is 0 Å². The lowest BCUT2D eigenvalue weighted by Gasteiger charge is -2.10. The molecule has 2 aromatic carbocycles. The van der Waals surface area contributed by atoms with Gasteiger partial charge in [-0.15, -0.1) is 0 Å². The summed E-state index contributed by atoms with van der Waals surface area (Å²) in [4.78, 5) is 0. The Bertz CT molecular complexity index is 496. The van der Waals surface area contributed by atoms with Crippen LogP contribution in [-0.2, 0) is 0 Å². The molecule has 0 bridgehead atoms. The molecule has 2 nitrogen and oxygen atoms in total. The third-order valence-corrected chi connectivity index (χ3v) is 2.67. The molecule has 0 aliphatic carbocycles. The summed E-state index contributed by atoms with van der Waals surface area (Å²) in [5, 5.41) is 9.66. The Labute approximate surface area is 99.5 Å². The zero-order valence-corrected chi connectivity index (χ0v) is 9.31. The Morgan fingerprint density at radius 2 is 1.76 bits per heavy atom. The fourth-order valence-electron chi connectivity index (χ4n) is 1.70. The maximum Gasteiger partial charge on any atom is 0.123 e. The maximum atomic E-state index is 12.8. The van der Waals surface area contributed by atoms with E-state index in [1.54, 1.807) is 12.1 Å². The van der Waals surface area contributed by atoms with Crippen LogP contribution in [0.5, 0.6) is 0 Å². The number of halogens is 1. The topological polar surface area (TPSA) is 46.2 Å². The molecule has 0 radical (unpaired) electrons. The monoisotopic (exact) mass is 231 g/mol. The zero-order chi connectivity index (χ0) is 12.3. The number of aliphatic hydroxyl groups is 1. The van der Waals surface area contributed by atoms with Gasteiger partial charge in [0.1, 0.15) is 5.82 Å². The molecule has 2 rings (SSSR count). The first kappa shape index (κ1) is 11.8. The molecule has 0 aromatic heterocycles. The number of rotatable bonds is 3. The molecule has 0 amide bonds. The van der Waals surface area contributed by atoms with Gasteiger partial charge in [0, 0.05) is 6.54 Å². The van der Waals surface area contributed by atoms with E-state index in [0.29, 0.717) is 0 Å². The molecule has 0 spiro atoms. The van der Waals surface area contributed by atoms with Crippen molar-refractivity contribution in [2.24, 2.45) is 5.73 Å². The highest BCUT2D eigenvalue weighted by molar-refractivity contribution is 5.64. The van der Waals surface area contributed by atoms with Gasteiger partial charge in [-0.05, 0) is 34.9 Å². The summed E-state index contributed by atoms with van der Waals surface area (Å²) < 4.78 is 12.8. The molecule has 0 saturated heterocycles. The molecular weight excluding hydrogens is 217 g/mol. The van der Waals surface area contributed by atoms with Crippen LogP contribution in [0.25, 0.3) is 11.1 Å². The molecule has 3 heteroatoms. The van der Waals surface area contributed by atoms with Gasteiger partial charge in [-0.3, -0.25) is 0 Å². The summed E-state index contributed by atoms with van der Waals surface area (Å²) in [6.45, 7) is 0.187. The largest absolute Gasteiger partial charge is 0.387 e. The van der Waals surface area contributed by atoms with Gasteiger partial charge in [0.15, 0.2) is 0 Å². The van der Waals surface area contributed by atoms with Crippen LogP contribution in [0.1, 0.15) is 11.7 Å². The summed E-state index contributed by atoms with van der Waals surface area (Å²) in [6.07, 6.45) is -0.657. The van der Waals surface area contributed by atoms with Gasteiger partial charge in [-0.2, -0.15) is 0 Å². The average molecular weight is 231 g/mol. The van der Waals surface area contributed by atoms with Gasteiger partial charge in [-0.25, -0.2) is 4.39 Å². The summed E-state index contributed by atoms with van der Waals surface area (Å²) in [7, 11) is 0. The van der Waals surface area contributed by atoms with Crippen LogP contribution < -0.4 is 5.73 Å². The quantitative estimate of drug-likeness (QED) is 0.852. The lowest BCUT2D eigenvalue weighted by molar-refractivity contribution is 0.187. The zero-order valence-electron chi connectivity index (χ0n) is 9.31. The van der Waals surface area contributed by atoms with Crippen molar-refractivity contribution in [1.82, 2.24) is 0 Å². The summed E-state index contributed by atoms with van der Waals surface area (Å²) in [6, 6.07) is 13.7. The van der Waals surface area contributed by atoms with E-state index in [0.717, 1.165) is 16.7 Å². The third-order valence-electron chi connectivity index (χ3n) is 2.67. The average Bonchev–Trinajstić information content (AvgIpc) is 2.39. The number of benzene rings is 2. The number of hydrogen-bond acceptors (Lipinski definition) is 2. The van der Waals surface area contributed by atoms with E-state index in [1.165, 1.54) is 12.1 Å². The van der Waals surface area contributed by atoms with E-state index < -0.39 is 6.10 Å². The molecule has 3 N–H and O–H groups in total. The Hall–Kier alpha value is -1.71. The Morgan fingerprint density at radius 1 is 1.06 bits per heavy atom. The van der Waals surface area contributed by atoms with Crippen molar-refractivity contribution in [2.75, 3.05) is 6.54 Å². The standard InChI is InChI=1S/C14H14FNO/c15-13-6-4-10(5-7-13)11-2-1-3-12(8-11)14(17)9-16/h1-8,14,17H,9,16H2. The van der Waals surface area contributed by atoms with E-state index >= 15 is 0 Å². The molecular formula is C14H14FNO. The fraction of sp³-hybridized carbons (Fsp3) is 0.143. The number of aliphatic hydroxyl groups excluding tert-OH is 1. The van der Waals surface area contributed by atoms with Crippen molar-refractivity contribution in [1.29, 1.82) is 0 Å². The predicted molar refractivity (Wildman–Crippen MR) is 65.9 cm³/mol. The minimum atomic E-state index is -0.657. The summed E-state index contributed by atoms with van der Waals surface area (Å²) in [5.74, 6) is -0.258. The molecule has 88 valence electrons. The molecule has 1 atom stereocenters. The third kappa shape index (κ3) is 2.70. The number of hydrogen-bond donors (Lipinski definition) is 2. The lowest BCUT2D eigenvalue weighted by atomic mass is 10.0. The fourth-order valence-corrected chi connectivity index (χ4v) is 1.70. The van der Waals surface area contributed by atoms with Crippen molar-refractivity contribution < 1.29 is 9.50 Å². The minimum absolute atomic E-state index is 0.187. The van der Waals surface area contributed by atoms with Crippen molar-refractivity contribution in [3.63, 3.8) is 0 Å². The van der Waals surface area contributed by atoms with Crippen LogP contribution in [0, 0.1) is 5.82 Å². The van der Waals surface area contributed by atoms with E-state index in [-0.39, 0.29) is 12.4 Å². The molecule has 0 fully saturated rings. The second kappa shape index (κ2) is 5.08. The molecule has 17 heavy (non-hydrogen) atoms. The Balaban J connectivity index is 2.36. The van der Waals surface area contributed by atoms with E-state index in [4.69, 9.17) is 5.73 Å². The molecule has 0 aliphatic rings. The van der Waals surface area contributed by atoms with Crippen LogP contribution in [0.15, 0.2) is 48.5 Å². The van der Waals surface area contributed by atoms with Gasteiger partial charge in [-0.1, -0.05) is 30.3 Å². The predicted octanol–water partition coefficient (Wildman–Crippen LogP) is 2.48. The molecule has 1 unspecified atom stereocenters. The van der Waals surface area contributed by atoms with Gasteiger partial charge in [0.2, 0.25) is 0 Å².